The molecule has 2 heterocycles. The lowest BCUT2D eigenvalue weighted by molar-refractivity contribution is 0.0624. The first-order valence-corrected chi connectivity index (χ1v) is 10.4. The second kappa shape index (κ2) is 8.49. The molecule has 1 amide bonds. The second-order valence-corrected chi connectivity index (χ2v) is 8.93. The molecule has 0 unspecified atom stereocenters. The van der Waals surface area contributed by atoms with E-state index in [2.05, 4.69) is 31.1 Å². The predicted octanol–water partition coefficient (Wildman–Crippen LogP) is 3.42. The minimum atomic E-state index is -0.0142. The molecule has 0 N–H and O–H groups in total. The zero-order valence-corrected chi connectivity index (χ0v) is 18.1. The average molecular weight is 404 g/mol. The van der Waals surface area contributed by atoms with Crippen molar-refractivity contribution >= 4 is 17.2 Å². The van der Waals surface area contributed by atoms with Gasteiger partial charge in [-0.1, -0.05) is 26.8 Å². The molecule has 0 saturated carbocycles. The van der Waals surface area contributed by atoms with Crippen LogP contribution in [-0.2, 0) is 12.0 Å². The van der Waals surface area contributed by atoms with Crippen molar-refractivity contribution in [3.63, 3.8) is 0 Å². The quantitative estimate of drug-likeness (QED) is 0.766. The third kappa shape index (κ3) is 4.47. The predicted molar refractivity (Wildman–Crippen MR) is 112 cm³/mol. The maximum absolute atomic E-state index is 13.0. The zero-order chi connectivity index (χ0) is 20.3. The van der Waals surface area contributed by atoms with Crippen LogP contribution in [0.15, 0.2) is 23.6 Å². The van der Waals surface area contributed by atoms with Crippen LogP contribution in [0.2, 0.25) is 0 Å². The maximum Gasteiger partial charge on any atom is 0.257 e. The minimum absolute atomic E-state index is 0.0142. The van der Waals surface area contributed by atoms with Crippen LogP contribution in [0.25, 0.3) is 0 Å². The molecule has 3 rings (SSSR count). The fraction of sp³-hybridized carbons (Fsp3) is 0.524. The lowest BCUT2D eigenvalue weighted by Crippen LogP contribution is -2.48. The van der Waals surface area contributed by atoms with Gasteiger partial charge in [0.25, 0.3) is 5.91 Å². The van der Waals surface area contributed by atoms with E-state index in [-0.39, 0.29) is 11.3 Å². The smallest absolute Gasteiger partial charge is 0.257 e. The van der Waals surface area contributed by atoms with E-state index in [9.17, 15) is 4.79 Å². The van der Waals surface area contributed by atoms with Gasteiger partial charge in [-0.05, 0) is 12.1 Å². The molecule has 0 bridgehead atoms. The molecule has 2 aromatic rings. The summed E-state index contributed by atoms with van der Waals surface area (Å²) in [6, 6.07) is 5.41. The fourth-order valence-electron chi connectivity index (χ4n) is 3.25. The van der Waals surface area contributed by atoms with Crippen molar-refractivity contribution < 1.29 is 14.3 Å². The van der Waals surface area contributed by atoms with Gasteiger partial charge in [0.2, 0.25) is 0 Å². The van der Waals surface area contributed by atoms with Crippen LogP contribution in [0.1, 0.15) is 41.8 Å². The highest BCUT2D eigenvalue weighted by molar-refractivity contribution is 7.09. The standard InChI is InChI=1S/C21H29N3O3S/c1-21(2,3)17-14-28-18(22-17)13-23-9-11-24(12-10-23)20(25)15-7-6-8-16(26-4)19(15)27-5/h6-8,14H,9-13H2,1-5H3. The van der Waals surface area contributed by atoms with Gasteiger partial charge in [0, 0.05) is 37.0 Å². The first kappa shape index (κ1) is 20.6. The molecule has 7 heteroatoms. The van der Waals surface area contributed by atoms with E-state index in [1.165, 1.54) is 0 Å². The molecule has 1 aromatic carbocycles. The number of carbonyl (C=O) groups is 1. The van der Waals surface area contributed by atoms with Gasteiger partial charge in [0.1, 0.15) is 5.01 Å². The first-order valence-electron chi connectivity index (χ1n) is 9.51. The molecule has 0 spiro atoms. The van der Waals surface area contributed by atoms with E-state index in [4.69, 9.17) is 14.5 Å². The number of aromatic nitrogens is 1. The number of para-hydroxylation sites is 1. The summed E-state index contributed by atoms with van der Waals surface area (Å²) in [5, 5.41) is 3.30. The Morgan fingerprint density at radius 3 is 2.43 bits per heavy atom. The molecule has 6 nitrogen and oxygen atoms in total. The van der Waals surface area contributed by atoms with E-state index in [0.717, 1.165) is 30.3 Å². The summed E-state index contributed by atoms with van der Waals surface area (Å²) in [6.07, 6.45) is 0. The molecule has 1 aromatic heterocycles. The summed E-state index contributed by atoms with van der Waals surface area (Å²) < 4.78 is 10.7. The summed E-state index contributed by atoms with van der Waals surface area (Å²) >= 11 is 1.72. The van der Waals surface area contributed by atoms with E-state index in [0.29, 0.717) is 30.2 Å². The van der Waals surface area contributed by atoms with Crippen LogP contribution in [0, 0.1) is 0 Å². The third-order valence-electron chi connectivity index (χ3n) is 4.97. The number of piperazine rings is 1. The van der Waals surface area contributed by atoms with Crippen LogP contribution in [-0.4, -0.2) is 61.1 Å². The second-order valence-electron chi connectivity index (χ2n) is 7.99. The lowest BCUT2D eigenvalue weighted by Gasteiger charge is -2.34. The largest absolute Gasteiger partial charge is 0.493 e. The normalized spacial score (nSPS) is 15.5. The maximum atomic E-state index is 13.0. The SMILES string of the molecule is COc1cccc(C(=O)N2CCN(Cc3nc(C(C)(C)C)cs3)CC2)c1OC. The highest BCUT2D eigenvalue weighted by atomic mass is 32.1. The number of hydrogen-bond acceptors (Lipinski definition) is 6. The number of nitrogens with zero attached hydrogens (tertiary/aromatic N) is 3. The van der Waals surface area contributed by atoms with Gasteiger partial charge >= 0.3 is 0 Å². The number of carbonyl (C=O) groups excluding carboxylic acids is 1. The molecule has 28 heavy (non-hydrogen) atoms. The van der Waals surface area contributed by atoms with Crippen molar-refractivity contribution in [1.29, 1.82) is 0 Å². The Labute approximate surface area is 171 Å². The summed E-state index contributed by atoms with van der Waals surface area (Å²) in [5.41, 5.74) is 1.77. The van der Waals surface area contributed by atoms with E-state index < -0.39 is 0 Å². The van der Waals surface area contributed by atoms with Crippen molar-refractivity contribution in [1.82, 2.24) is 14.8 Å². The first-order chi connectivity index (χ1) is 13.3. The van der Waals surface area contributed by atoms with Crippen LogP contribution >= 0.6 is 11.3 Å². The van der Waals surface area contributed by atoms with Gasteiger partial charge < -0.3 is 14.4 Å². The molecule has 1 aliphatic rings. The Kier molecular flexibility index (Phi) is 6.25. The zero-order valence-electron chi connectivity index (χ0n) is 17.3. The van der Waals surface area contributed by atoms with Crippen molar-refractivity contribution in [3.8, 4) is 11.5 Å². The highest BCUT2D eigenvalue weighted by Crippen LogP contribution is 2.32. The van der Waals surface area contributed by atoms with Crippen molar-refractivity contribution in [2.24, 2.45) is 0 Å². The molecule has 1 aliphatic heterocycles. The average Bonchev–Trinajstić information content (AvgIpc) is 3.16. The number of amides is 1. The Morgan fingerprint density at radius 1 is 1.14 bits per heavy atom. The van der Waals surface area contributed by atoms with Crippen LogP contribution in [0.4, 0.5) is 0 Å². The summed E-state index contributed by atoms with van der Waals surface area (Å²) in [5.74, 6) is 1.06. The van der Waals surface area contributed by atoms with Crippen LogP contribution in [0.3, 0.4) is 0 Å². The highest BCUT2D eigenvalue weighted by Gasteiger charge is 2.26. The topological polar surface area (TPSA) is 54.9 Å². The summed E-state index contributed by atoms with van der Waals surface area (Å²) in [4.78, 5) is 22.0. The van der Waals surface area contributed by atoms with Crippen LogP contribution < -0.4 is 9.47 Å². The Morgan fingerprint density at radius 2 is 1.86 bits per heavy atom. The summed E-state index contributed by atoms with van der Waals surface area (Å²) in [6.45, 7) is 10.4. The molecule has 0 aliphatic carbocycles. The molecule has 1 fully saturated rings. The number of hydrogen-bond donors (Lipinski definition) is 0. The minimum Gasteiger partial charge on any atom is -0.493 e. The van der Waals surface area contributed by atoms with Gasteiger partial charge in [-0.3, -0.25) is 9.69 Å². The molecular formula is C21H29N3O3S. The van der Waals surface area contributed by atoms with Crippen molar-refractivity contribution in [3.05, 3.63) is 39.8 Å². The lowest BCUT2D eigenvalue weighted by atomic mass is 9.93. The molecular weight excluding hydrogens is 374 g/mol. The molecule has 1 saturated heterocycles. The number of rotatable bonds is 5. The van der Waals surface area contributed by atoms with Gasteiger partial charge in [-0.25, -0.2) is 4.98 Å². The van der Waals surface area contributed by atoms with E-state index in [1.54, 1.807) is 37.7 Å². The van der Waals surface area contributed by atoms with Crippen molar-refractivity contribution in [2.45, 2.75) is 32.7 Å². The Balaban J connectivity index is 1.61. The van der Waals surface area contributed by atoms with E-state index >= 15 is 0 Å². The summed E-state index contributed by atoms with van der Waals surface area (Å²) in [7, 11) is 3.14. The van der Waals surface area contributed by atoms with Crippen LogP contribution in [0.5, 0.6) is 11.5 Å². The van der Waals surface area contributed by atoms with Gasteiger partial charge in [0.15, 0.2) is 11.5 Å². The van der Waals surface area contributed by atoms with Gasteiger partial charge in [-0.15, -0.1) is 11.3 Å². The van der Waals surface area contributed by atoms with Gasteiger partial charge in [0.05, 0.1) is 32.0 Å². The number of thiazole rings is 1. The number of benzene rings is 1. The van der Waals surface area contributed by atoms with E-state index in [1.807, 2.05) is 11.0 Å². The fourth-order valence-corrected chi connectivity index (χ4v) is 4.32. The number of ether oxygens (including phenoxy) is 2. The van der Waals surface area contributed by atoms with Crippen molar-refractivity contribution in [2.75, 3.05) is 40.4 Å². The third-order valence-corrected chi connectivity index (χ3v) is 5.81. The molecule has 0 atom stereocenters. The number of methoxy groups -OCH3 is 2. The molecule has 0 radical (unpaired) electrons. The molecule has 152 valence electrons. The monoisotopic (exact) mass is 403 g/mol. The Bertz CT molecular complexity index is 821. The van der Waals surface area contributed by atoms with Gasteiger partial charge in [-0.2, -0.15) is 0 Å². The Hall–Kier alpha value is -2.12.